The maximum Gasteiger partial charge on any atom is 0.407 e. The molecular weight excluding hydrogens is 444 g/mol. The zero-order valence-corrected chi connectivity index (χ0v) is 20.2. The number of nitrogens with one attached hydrogen (secondary N) is 1. The minimum absolute atomic E-state index is 0.0420. The van der Waals surface area contributed by atoms with E-state index in [0.717, 1.165) is 40.7 Å². The smallest absolute Gasteiger partial charge is 0.407 e. The molecule has 2 aromatic rings. The second-order valence-electron chi connectivity index (χ2n) is 9.45. The Morgan fingerprint density at radius 2 is 1.66 bits per heavy atom. The van der Waals surface area contributed by atoms with E-state index in [-0.39, 0.29) is 37.4 Å². The number of amides is 2. The predicted octanol–water partition coefficient (Wildman–Crippen LogP) is 4.72. The minimum atomic E-state index is -0.950. The first-order valence-electron chi connectivity index (χ1n) is 12.1. The Balaban J connectivity index is 1.44. The molecule has 35 heavy (non-hydrogen) atoms. The number of hydrogen-bond acceptors (Lipinski definition) is 4. The number of nitrogens with zero attached hydrogens (tertiary/aromatic N) is 1. The van der Waals surface area contributed by atoms with E-state index in [1.807, 2.05) is 44.2 Å². The Morgan fingerprint density at radius 1 is 1.06 bits per heavy atom. The summed E-state index contributed by atoms with van der Waals surface area (Å²) in [6, 6.07) is 15.5. The van der Waals surface area contributed by atoms with Gasteiger partial charge in [-0.3, -0.25) is 9.59 Å². The van der Waals surface area contributed by atoms with Gasteiger partial charge in [0.1, 0.15) is 12.6 Å². The van der Waals surface area contributed by atoms with Gasteiger partial charge < -0.3 is 20.1 Å². The molecule has 7 heteroatoms. The fourth-order valence-corrected chi connectivity index (χ4v) is 4.63. The van der Waals surface area contributed by atoms with Crippen molar-refractivity contribution in [3.8, 4) is 11.1 Å². The normalized spacial score (nSPS) is 14.9. The Bertz CT molecular complexity index is 1090. The van der Waals surface area contributed by atoms with E-state index in [9.17, 15) is 14.4 Å². The van der Waals surface area contributed by atoms with Crippen LogP contribution in [0.25, 0.3) is 11.1 Å². The van der Waals surface area contributed by atoms with E-state index in [4.69, 9.17) is 9.84 Å². The summed E-state index contributed by atoms with van der Waals surface area (Å²) in [5.74, 6) is -1.29. The van der Waals surface area contributed by atoms with Gasteiger partial charge in [0, 0.05) is 18.5 Å². The number of carbonyl (C=O) groups is 3. The fraction of sp³-hybridized carbons (Fsp3) is 0.393. The lowest BCUT2D eigenvalue weighted by Gasteiger charge is -2.27. The summed E-state index contributed by atoms with van der Waals surface area (Å²) in [6.45, 7) is 4.15. The highest BCUT2D eigenvalue weighted by Gasteiger charge is 2.36. The number of hydrogen-bond donors (Lipinski definition) is 2. The Kier molecular flexibility index (Phi) is 7.54. The summed E-state index contributed by atoms with van der Waals surface area (Å²) < 4.78 is 5.65. The SMILES string of the molecule is CC(C)=CCC(NC(=O)OCC1c2ccccc2-c2ccccc21)C(=O)N(CCC(=O)O)C1CC1. The molecule has 1 saturated carbocycles. The molecule has 2 N–H and O–H groups in total. The number of benzene rings is 2. The van der Waals surface area contributed by atoms with Crippen molar-refractivity contribution in [2.45, 2.75) is 57.5 Å². The number of allylic oxidation sites excluding steroid dienone is 1. The maximum atomic E-state index is 13.3. The summed E-state index contributed by atoms with van der Waals surface area (Å²) in [6.07, 6.45) is 3.15. The van der Waals surface area contributed by atoms with E-state index < -0.39 is 18.1 Å². The Morgan fingerprint density at radius 3 is 2.20 bits per heavy atom. The molecule has 0 aromatic heterocycles. The quantitative estimate of drug-likeness (QED) is 0.484. The van der Waals surface area contributed by atoms with Crippen LogP contribution in [0.3, 0.4) is 0 Å². The van der Waals surface area contributed by atoms with Crippen LogP contribution < -0.4 is 5.32 Å². The van der Waals surface area contributed by atoms with Crippen LogP contribution in [0.5, 0.6) is 0 Å². The van der Waals surface area contributed by atoms with Crippen LogP contribution in [0, 0.1) is 0 Å². The highest BCUT2D eigenvalue weighted by molar-refractivity contribution is 5.87. The summed E-state index contributed by atoms with van der Waals surface area (Å²) in [5, 5.41) is 11.8. The largest absolute Gasteiger partial charge is 0.481 e. The topological polar surface area (TPSA) is 95.9 Å². The van der Waals surface area contributed by atoms with Gasteiger partial charge in [-0.15, -0.1) is 0 Å². The summed E-state index contributed by atoms with van der Waals surface area (Å²) in [4.78, 5) is 38.8. The van der Waals surface area contributed by atoms with Gasteiger partial charge in [0.05, 0.1) is 6.42 Å². The molecule has 2 aliphatic carbocycles. The molecule has 2 amide bonds. The maximum absolute atomic E-state index is 13.3. The van der Waals surface area contributed by atoms with Crippen LogP contribution in [0.4, 0.5) is 4.79 Å². The predicted molar refractivity (Wildman–Crippen MR) is 133 cm³/mol. The number of aliphatic carboxylic acids is 1. The molecule has 0 radical (unpaired) electrons. The number of ether oxygens (including phenoxy) is 1. The molecule has 2 aromatic carbocycles. The number of rotatable bonds is 10. The summed E-state index contributed by atoms with van der Waals surface area (Å²) in [7, 11) is 0. The van der Waals surface area contributed by atoms with Crippen molar-refractivity contribution in [1.82, 2.24) is 10.2 Å². The van der Waals surface area contributed by atoms with Gasteiger partial charge in [0.15, 0.2) is 0 Å². The van der Waals surface area contributed by atoms with Gasteiger partial charge in [-0.25, -0.2) is 4.79 Å². The highest BCUT2D eigenvalue weighted by Crippen LogP contribution is 2.44. The summed E-state index contributed by atoms with van der Waals surface area (Å²) >= 11 is 0. The molecule has 1 fully saturated rings. The molecule has 1 unspecified atom stereocenters. The number of fused-ring (bicyclic) bond motifs is 3. The number of carboxylic acids is 1. The van der Waals surface area contributed by atoms with Crippen LogP contribution in [0.2, 0.25) is 0 Å². The first kappa shape index (κ1) is 24.5. The molecule has 0 spiro atoms. The molecule has 7 nitrogen and oxygen atoms in total. The molecule has 0 bridgehead atoms. The van der Waals surface area contributed by atoms with Crippen molar-refractivity contribution in [1.29, 1.82) is 0 Å². The lowest BCUT2D eigenvalue weighted by atomic mass is 9.98. The van der Waals surface area contributed by atoms with Gasteiger partial charge in [-0.05, 0) is 55.4 Å². The van der Waals surface area contributed by atoms with Crippen molar-refractivity contribution in [3.63, 3.8) is 0 Å². The molecule has 0 heterocycles. The van der Waals surface area contributed by atoms with Crippen LogP contribution in [0.1, 0.15) is 56.6 Å². The molecular formula is C28H32N2O5. The van der Waals surface area contributed by atoms with Crippen LogP contribution in [-0.2, 0) is 14.3 Å². The van der Waals surface area contributed by atoms with Crippen molar-refractivity contribution in [2.24, 2.45) is 0 Å². The van der Waals surface area contributed by atoms with Crippen molar-refractivity contribution in [2.75, 3.05) is 13.2 Å². The van der Waals surface area contributed by atoms with Gasteiger partial charge in [-0.1, -0.05) is 60.2 Å². The first-order chi connectivity index (χ1) is 16.8. The van der Waals surface area contributed by atoms with Gasteiger partial charge >= 0.3 is 12.1 Å². The fourth-order valence-electron chi connectivity index (χ4n) is 4.63. The zero-order chi connectivity index (χ0) is 24.9. The number of alkyl carbamates (subject to hydrolysis) is 1. The first-order valence-corrected chi connectivity index (χ1v) is 12.1. The number of carbonyl (C=O) groups excluding carboxylic acids is 2. The van der Waals surface area contributed by atoms with E-state index >= 15 is 0 Å². The van der Waals surface area contributed by atoms with Gasteiger partial charge in [0.2, 0.25) is 5.91 Å². The zero-order valence-electron chi connectivity index (χ0n) is 20.2. The van der Waals surface area contributed by atoms with Crippen molar-refractivity contribution < 1.29 is 24.2 Å². The third-order valence-electron chi connectivity index (χ3n) is 6.53. The average Bonchev–Trinajstić information content (AvgIpc) is 3.62. The van der Waals surface area contributed by atoms with Crippen LogP contribution in [-0.4, -0.2) is 53.2 Å². The Labute approximate surface area is 205 Å². The van der Waals surface area contributed by atoms with Crippen molar-refractivity contribution >= 4 is 18.0 Å². The van der Waals surface area contributed by atoms with Crippen LogP contribution in [0.15, 0.2) is 60.2 Å². The monoisotopic (exact) mass is 476 g/mol. The Hall–Kier alpha value is -3.61. The molecule has 184 valence electrons. The van der Waals surface area contributed by atoms with Crippen molar-refractivity contribution in [3.05, 3.63) is 71.3 Å². The van der Waals surface area contributed by atoms with E-state index in [1.54, 1.807) is 4.90 Å². The number of carboxylic acid groups (broad SMARTS) is 1. The van der Waals surface area contributed by atoms with E-state index in [0.29, 0.717) is 6.42 Å². The molecule has 0 aliphatic heterocycles. The van der Waals surface area contributed by atoms with Crippen LogP contribution >= 0.6 is 0 Å². The standard InChI is InChI=1S/C28H32N2O5/c1-18(2)11-14-25(27(33)30(19-12-13-19)16-15-26(31)32)29-28(34)35-17-24-22-9-5-3-7-20(22)21-8-4-6-10-23(21)24/h3-11,19,24-25H,12-17H2,1-2H3,(H,29,34)(H,31,32). The lowest BCUT2D eigenvalue weighted by molar-refractivity contribution is -0.139. The average molecular weight is 477 g/mol. The lowest BCUT2D eigenvalue weighted by Crippen LogP contribution is -2.50. The molecule has 1 atom stereocenters. The molecule has 4 rings (SSSR count). The third kappa shape index (κ3) is 5.91. The second kappa shape index (κ2) is 10.8. The second-order valence-corrected chi connectivity index (χ2v) is 9.45. The molecule has 2 aliphatic rings. The van der Waals surface area contributed by atoms with Gasteiger partial charge in [-0.2, -0.15) is 0 Å². The summed E-state index contributed by atoms with van der Waals surface area (Å²) in [5.41, 5.74) is 5.56. The van der Waals surface area contributed by atoms with Gasteiger partial charge in [0.25, 0.3) is 0 Å². The third-order valence-corrected chi connectivity index (χ3v) is 6.53. The minimum Gasteiger partial charge on any atom is -0.481 e. The van der Waals surface area contributed by atoms with E-state index in [2.05, 4.69) is 29.6 Å². The highest BCUT2D eigenvalue weighted by atomic mass is 16.5. The van der Waals surface area contributed by atoms with E-state index in [1.165, 1.54) is 0 Å². The molecule has 0 saturated heterocycles.